The molecule has 1 fully saturated rings. The van der Waals surface area contributed by atoms with E-state index in [1.807, 2.05) is 19.1 Å². The summed E-state index contributed by atoms with van der Waals surface area (Å²) < 4.78 is 5.73. The number of amides is 1. The smallest absolute Gasteiger partial charge is 0.237 e. The van der Waals surface area contributed by atoms with Crippen LogP contribution < -0.4 is 4.74 Å². The van der Waals surface area contributed by atoms with Crippen LogP contribution in [0.3, 0.4) is 0 Å². The number of hydrogen-bond donors (Lipinski definition) is 0. The van der Waals surface area contributed by atoms with E-state index in [0.29, 0.717) is 30.7 Å². The first-order valence-electron chi connectivity index (χ1n) is 8.94. The minimum Gasteiger partial charge on any atom is -0.438 e. The monoisotopic (exact) mass is 360 g/mol. The van der Waals surface area contributed by atoms with E-state index in [0.717, 1.165) is 24.1 Å². The average molecular weight is 360 g/mol. The van der Waals surface area contributed by atoms with Gasteiger partial charge in [0, 0.05) is 18.7 Å². The molecule has 1 atom stereocenters. The second-order valence-electron chi connectivity index (χ2n) is 6.54. The van der Waals surface area contributed by atoms with Crippen LogP contribution in [0, 0.1) is 29.6 Å². The number of nitrogens with zero attached hydrogens (tertiary/aromatic N) is 4. The standard InChI is InChI=1S/C21H20N4O2/c1-15-4-8-17(13-22)21(24-15)27-19-9-5-16(6-10-19)7-11-20(26)25-12-2-3-18(25)14-23/h4-6,8-10,18H,2-3,7,11-12H2,1H3. The molecule has 136 valence electrons. The third-order valence-electron chi connectivity index (χ3n) is 4.61. The summed E-state index contributed by atoms with van der Waals surface area (Å²) in [6.07, 6.45) is 2.66. The molecular weight excluding hydrogens is 340 g/mol. The zero-order valence-corrected chi connectivity index (χ0v) is 15.2. The van der Waals surface area contributed by atoms with Crippen LogP contribution in [0.1, 0.15) is 36.1 Å². The molecule has 1 aromatic heterocycles. The molecule has 6 heteroatoms. The van der Waals surface area contributed by atoms with Gasteiger partial charge in [-0.3, -0.25) is 4.79 Å². The van der Waals surface area contributed by atoms with Crippen molar-refractivity contribution in [1.82, 2.24) is 9.88 Å². The van der Waals surface area contributed by atoms with Gasteiger partial charge in [0.1, 0.15) is 23.4 Å². The van der Waals surface area contributed by atoms with Crippen LogP contribution in [-0.4, -0.2) is 28.4 Å². The lowest BCUT2D eigenvalue weighted by Gasteiger charge is -2.19. The van der Waals surface area contributed by atoms with Gasteiger partial charge in [-0.2, -0.15) is 10.5 Å². The van der Waals surface area contributed by atoms with E-state index >= 15 is 0 Å². The van der Waals surface area contributed by atoms with E-state index in [2.05, 4.69) is 17.1 Å². The number of aryl methyl sites for hydroxylation is 2. The lowest BCUT2D eigenvalue weighted by molar-refractivity contribution is -0.131. The number of carbonyl (C=O) groups excluding carboxylic acids is 1. The van der Waals surface area contributed by atoms with Gasteiger partial charge in [0.15, 0.2) is 0 Å². The number of likely N-dealkylation sites (tertiary alicyclic amines) is 1. The van der Waals surface area contributed by atoms with Crippen LogP contribution >= 0.6 is 0 Å². The van der Waals surface area contributed by atoms with Crippen molar-refractivity contribution in [3.63, 3.8) is 0 Å². The highest BCUT2D eigenvalue weighted by atomic mass is 16.5. The van der Waals surface area contributed by atoms with E-state index in [1.165, 1.54) is 0 Å². The molecule has 3 rings (SSSR count). The number of benzene rings is 1. The molecule has 2 heterocycles. The largest absolute Gasteiger partial charge is 0.438 e. The van der Waals surface area contributed by atoms with Crippen molar-refractivity contribution >= 4 is 5.91 Å². The fraction of sp³-hybridized carbons (Fsp3) is 0.333. The predicted molar refractivity (Wildman–Crippen MR) is 98.9 cm³/mol. The molecule has 1 saturated heterocycles. The first-order valence-corrected chi connectivity index (χ1v) is 8.94. The fourth-order valence-corrected chi connectivity index (χ4v) is 3.13. The Balaban J connectivity index is 1.60. The Kier molecular flexibility index (Phi) is 5.68. The second kappa shape index (κ2) is 8.33. The van der Waals surface area contributed by atoms with Crippen LogP contribution in [0.2, 0.25) is 0 Å². The van der Waals surface area contributed by atoms with Gasteiger partial charge in [0.2, 0.25) is 11.8 Å². The van der Waals surface area contributed by atoms with E-state index < -0.39 is 0 Å². The highest BCUT2D eigenvalue weighted by Gasteiger charge is 2.27. The molecule has 0 aliphatic carbocycles. The van der Waals surface area contributed by atoms with Gasteiger partial charge in [0.05, 0.1) is 6.07 Å². The number of ether oxygens (including phenoxy) is 1. The molecule has 1 aromatic carbocycles. The van der Waals surface area contributed by atoms with Gasteiger partial charge in [-0.1, -0.05) is 12.1 Å². The van der Waals surface area contributed by atoms with Gasteiger partial charge in [-0.05, 0) is 56.0 Å². The maximum absolute atomic E-state index is 12.3. The Morgan fingerprint density at radius 1 is 1.26 bits per heavy atom. The number of pyridine rings is 1. The summed E-state index contributed by atoms with van der Waals surface area (Å²) in [5, 5.41) is 18.2. The highest BCUT2D eigenvalue weighted by molar-refractivity contribution is 5.77. The molecule has 27 heavy (non-hydrogen) atoms. The third kappa shape index (κ3) is 4.43. The molecule has 1 aliphatic heterocycles. The maximum Gasteiger partial charge on any atom is 0.237 e. The number of aromatic nitrogens is 1. The van der Waals surface area contributed by atoms with E-state index in [1.54, 1.807) is 29.2 Å². The summed E-state index contributed by atoms with van der Waals surface area (Å²) in [5.74, 6) is 0.905. The van der Waals surface area contributed by atoms with Crippen molar-refractivity contribution in [3.05, 3.63) is 53.2 Å². The first kappa shape index (κ1) is 18.4. The quantitative estimate of drug-likeness (QED) is 0.814. The number of hydrogen-bond acceptors (Lipinski definition) is 5. The van der Waals surface area contributed by atoms with Crippen molar-refractivity contribution < 1.29 is 9.53 Å². The van der Waals surface area contributed by atoms with E-state index in [9.17, 15) is 4.79 Å². The zero-order valence-electron chi connectivity index (χ0n) is 15.2. The van der Waals surface area contributed by atoms with Gasteiger partial charge >= 0.3 is 0 Å². The van der Waals surface area contributed by atoms with Crippen molar-refractivity contribution in [2.75, 3.05) is 6.54 Å². The molecule has 1 unspecified atom stereocenters. The SMILES string of the molecule is Cc1ccc(C#N)c(Oc2ccc(CCC(=O)N3CCCC3C#N)cc2)n1. The molecule has 6 nitrogen and oxygen atoms in total. The lowest BCUT2D eigenvalue weighted by Crippen LogP contribution is -2.34. The summed E-state index contributed by atoms with van der Waals surface area (Å²) in [6, 6.07) is 14.9. The van der Waals surface area contributed by atoms with Crippen LogP contribution in [0.15, 0.2) is 36.4 Å². The Bertz CT molecular complexity index is 909. The van der Waals surface area contributed by atoms with Gasteiger partial charge in [-0.25, -0.2) is 4.98 Å². The molecule has 2 aromatic rings. The molecule has 0 radical (unpaired) electrons. The fourth-order valence-electron chi connectivity index (χ4n) is 3.13. The molecular formula is C21H20N4O2. The van der Waals surface area contributed by atoms with Crippen LogP contribution in [-0.2, 0) is 11.2 Å². The third-order valence-corrected chi connectivity index (χ3v) is 4.61. The Labute approximate surface area is 158 Å². The average Bonchev–Trinajstić information content (AvgIpc) is 3.16. The molecule has 1 aliphatic rings. The number of nitriles is 2. The molecule has 0 spiro atoms. The summed E-state index contributed by atoms with van der Waals surface area (Å²) in [4.78, 5) is 18.3. The predicted octanol–water partition coefficient (Wildman–Crippen LogP) is 3.50. The Hall–Kier alpha value is -3.38. The van der Waals surface area contributed by atoms with Gasteiger partial charge in [0.25, 0.3) is 0 Å². The lowest BCUT2D eigenvalue weighted by atomic mass is 10.1. The topological polar surface area (TPSA) is 90.0 Å². The van der Waals surface area contributed by atoms with Crippen LogP contribution in [0.5, 0.6) is 11.6 Å². The van der Waals surface area contributed by atoms with Crippen molar-refractivity contribution in [2.24, 2.45) is 0 Å². The van der Waals surface area contributed by atoms with Crippen molar-refractivity contribution in [1.29, 1.82) is 10.5 Å². The van der Waals surface area contributed by atoms with E-state index in [-0.39, 0.29) is 17.8 Å². The van der Waals surface area contributed by atoms with Crippen LogP contribution in [0.4, 0.5) is 0 Å². The molecule has 0 N–H and O–H groups in total. The zero-order chi connectivity index (χ0) is 19.2. The second-order valence-corrected chi connectivity index (χ2v) is 6.54. The number of carbonyl (C=O) groups is 1. The maximum atomic E-state index is 12.3. The van der Waals surface area contributed by atoms with Gasteiger partial charge < -0.3 is 9.64 Å². The van der Waals surface area contributed by atoms with Gasteiger partial charge in [-0.15, -0.1) is 0 Å². The van der Waals surface area contributed by atoms with Crippen molar-refractivity contribution in [3.8, 4) is 23.8 Å². The summed E-state index contributed by atoms with van der Waals surface area (Å²) >= 11 is 0. The van der Waals surface area contributed by atoms with E-state index in [4.69, 9.17) is 15.3 Å². The molecule has 1 amide bonds. The first-order chi connectivity index (χ1) is 13.1. The molecule has 0 saturated carbocycles. The normalized spacial score (nSPS) is 15.8. The summed E-state index contributed by atoms with van der Waals surface area (Å²) in [7, 11) is 0. The number of rotatable bonds is 5. The Morgan fingerprint density at radius 3 is 2.74 bits per heavy atom. The minimum atomic E-state index is -0.274. The Morgan fingerprint density at radius 2 is 2.04 bits per heavy atom. The molecule has 0 bridgehead atoms. The van der Waals surface area contributed by atoms with Crippen molar-refractivity contribution in [2.45, 2.75) is 38.6 Å². The van der Waals surface area contributed by atoms with Crippen LogP contribution in [0.25, 0.3) is 0 Å². The minimum absolute atomic E-state index is 0.0296. The summed E-state index contributed by atoms with van der Waals surface area (Å²) in [5.41, 5.74) is 2.17. The summed E-state index contributed by atoms with van der Waals surface area (Å²) in [6.45, 7) is 2.51. The highest BCUT2D eigenvalue weighted by Crippen LogP contribution is 2.24.